The normalized spacial score (nSPS) is 13.7. The first-order valence-electron chi connectivity index (χ1n) is 8.40. The highest BCUT2D eigenvalue weighted by atomic mass is 16.3. The van der Waals surface area contributed by atoms with Crippen LogP contribution in [0.5, 0.6) is 11.5 Å². The number of benzene rings is 2. The van der Waals surface area contributed by atoms with E-state index in [0.29, 0.717) is 6.42 Å². The average molecular weight is 339 g/mol. The van der Waals surface area contributed by atoms with Gasteiger partial charge in [-0.25, -0.2) is 0 Å². The summed E-state index contributed by atoms with van der Waals surface area (Å²) < 4.78 is 0. The van der Waals surface area contributed by atoms with Gasteiger partial charge in [-0.2, -0.15) is 0 Å². The summed E-state index contributed by atoms with van der Waals surface area (Å²) in [7, 11) is 1.89. The maximum absolute atomic E-state index is 12.0. The molecule has 2 aromatic rings. The molecule has 0 amide bonds. The number of nitrogens with one attached hydrogen (secondary N) is 1. The maximum Gasteiger partial charge on any atom is 0.136 e. The van der Waals surface area contributed by atoms with E-state index < -0.39 is 0 Å². The summed E-state index contributed by atoms with van der Waals surface area (Å²) in [6.45, 7) is 1.60. The molecule has 0 saturated heterocycles. The zero-order valence-corrected chi connectivity index (χ0v) is 14.6. The SMILES string of the molecule is CN[C@H](/C=C/[C@@H](Cc1ccc(O)cc1)C(C)=O)Cc1ccc(O)cc1. The van der Waals surface area contributed by atoms with Crippen molar-refractivity contribution in [2.24, 2.45) is 5.92 Å². The van der Waals surface area contributed by atoms with E-state index >= 15 is 0 Å². The monoisotopic (exact) mass is 339 g/mol. The number of allylic oxidation sites excluding steroid dienone is 1. The number of Topliss-reactive ketones (excluding diaryl/α,β-unsaturated/α-hetero) is 1. The summed E-state index contributed by atoms with van der Waals surface area (Å²) in [5, 5.41) is 22.0. The molecule has 3 N–H and O–H groups in total. The smallest absolute Gasteiger partial charge is 0.136 e. The van der Waals surface area contributed by atoms with Gasteiger partial charge in [0.2, 0.25) is 0 Å². The third kappa shape index (κ3) is 6.08. The Morgan fingerprint density at radius 3 is 1.84 bits per heavy atom. The van der Waals surface area contributed by atoms with E-state index in [2.05, 4.69) is 5.32 Å². The Morgan fingerprint density at radius 2 is 1.40 bits per heavy atom. The Balaban J connectivity index is 2.03. The van der Waals surface area contributed by atoms with E-state index in [-0.39, 0.29) is 29.2 Å². The number of ketones is 1. The van der Waals surface area contributed by atoms with Gasteiger partial charge in [-0.15, -0.1) is 0 Å². The zero-order chi connectivity index (χ0) is 18.2. The van der Waals surface area contributed by atoms with Crippen LogP contribution in [0.25, 0.3) is 0 Å². The molecule has 0 fully saturated rings. The fraction of sp³-hybridized carbons (Fsp3) is 0.286. The fourth-order valence-electron chi connectivity index (χ4n) is 2.65. The van der Waals surface area contributed by atoms with Crippen molar-refractivity contribution < 1.29 is 15.0 Å². The lowest BCUT2D eigenvalue weighted by atomic mass is 9.94. The zero-order valence-electron chi connectivity index (χ0n) is 14.6. The molecule has 25 heavy (non-hydrogen) atoms. The highest BCUT2D eigenvalue weighted by molar-refractivity contribution is 5.80. The van der Waals surface area contributed by atoms with Crippen LogP contribution in [0, 0.1) is 5.92 Å². The molecular weight excluding hydrogens is 314 g/mol. The second-order valence-corrected chi connectivity index (χ2v) is 6.24. The number of likely N-dealkylation sites (N-methyl/N-ethyl adjacent to an activating group) is 1. The number of phenolic OH excluding ortho intramolecular Hbond substituents is 2. The molecule has 0 aliphatic rings. The summed E-state index contributed by atoms with van der Waals surface area (Å²) in [5.41, 5.74) is 2.13. The standard InChI is InChI=1S/C21H25NO3/c1-15(23)18(13-16-3-9-20(24)10-4-16)7-8-19(22-2)14-17-5-11-21(25)12-6-17/h3-12,18-19,22,24-25H,13-14H2,1-2H3/b8-7+/t18-,19+/m0/s1. The Kier molecular flexibility index (Phi) is 6.78. The van der Waals surface area contributed by atoms with Gasteiger partial charge in [0.1, 0.15) is 17.3 Å². The van der Waals surface area contributed by atoms with Crippen LogP contribution in [0.3, 0.4) is 0 Å². The third-order valence-electron chi connectivity index (χ3n) is 4.25. The van der Waals surface area contributed by atoms with E-state index in [4.69, 9.17) is 0 Å². The lowest BCUT2D eigenvalue weighted by molar-refractivity contribution is -0.119. The van der Waals surface area contributed by atoms with Crippen LogP contribution in [0.4, 0.5) is 0 Å². The third-order valence-corrected chi connectivity index (χ3v) is 4.25. The van der Waals surface area contributed by atoms with E-state index in [1.165, 1.54) is 0 Å². The number of hydrogen-bond acceptors (Lipinski definition) is 4. The van der Waals surface area contributed by atoms with Crippen molar-refractivity contribution in [3.05, 3.63) is 71.8 Å². The van der Waals surface area contributed by atoms with Gasteiger partial charge in [-0.05, 0) is 62.2 Å². The topological polar surface area (TPSA) is 69.6 Å². The number of aromatic hydroxyl groups is 2. The molecule has 132 valence electrons. The molecule has 0 radical (unpaired) electrons. The summed E-state index contributed by atoms with van der Waals surface area (Å²) in [5.74, 6) is 0.401. The van der Waals surface area contributed by atoms with Gasteiger partial charge in [0.15, 0.2) is 0 Å². The fourth-order valence-corrected chi connectivity index (χ4v) is 2.65. The number of carbonyl (C=O) groups excluding carboxylic acids is 1. The summed E-state index contributed by atoms with van der Waals surface area (Å²) in [6.07, 6.45) is 5.37. The molecule has 2 atom stereocenters. The minimum atomic E-state index is -0.194. The molecule has 4 heteroatoms. The Bertz CT molecular complexity index is 705. The minimum Gasteiger partial charge on any atom is -0.508 e. The van der Waals surface area contributed by atoms with Gasteiger partial charge in [-0.1, -0.05) is 36.4 Å². The summed E-state index contributed by atoms with van der Waals surface area (Å²) in [4.78, 5) is 12.0. The Morgan fingerprint density at radius 1 is 0.920 bits per heavy atom. The number of hydrogen-bond donors (Lipinski definition) is 3. The Labute approximate surface area is 148 Å². The second kappa shape index (κ2) is 9.04. The first-order valence-corrected chi connectivity index (χ1v) is 8.40. The molecule has 0 aliphatic heterocycles. The molecule has 0 unspecified atom stereocenters. The number of carbonyl (C=O) groups is 1. The first-order chi connectivity index (χ1) is 12.0. The van der Waals surface area contributed by atoms with Crippen LogP contribution in [0.1, 0.15) is 18.1 Å². The van der Waals surface area contributed by atoms with E-state index in [1.54, 1.807) is 31.2 Å². The molecule has 0 aliphatic carbocycles. The van der Waals surface area contributed by atoms with Gasteiger partial charge in [0, 0.05) is 12.0 Å². The van der Waals surface area contributed by atoms with Crippen LogP contribution in [-0.2, 0) is 17.6 Å². The second-order valence-electron chi connectivity index (χ2n) is 6.24. The molecule has 0 heterocycles. The highest BCUT2D eigenvalue weighted by Gasteiger charge is 2.13. The van der Waals surface area contributed by atoms with Crippen LogP contribution in [-0.4, -0.2) is 29.1 Å². The molecule has 0 aromatic heterocycles. The average Bonchev–Trinajstić information content (AvgIpc) is 2.60. The molecule has 2 rings (SSSR count). The quantitative estimate of drug-likeness (QED) is 0.646. The largest absolute Gasteiger partial charge is 0.508 e. The first kappa shape index (κ1) is 18.7. The van der Waals surface area contributed by atoms with Crippen LogP contribution < -0.4 is 5.32 Å². The molecule has 0 saturated carbocycles. The van der Waals surface area contributed by atoms with Gasteiger partial charge in [0.05, 0.1) is 0 Å². The van der Waals surface area contributed by atoms with E-state index in [9.17, 15) is 15.0 Å². The number of rotatable bonds is 8. The lowest BCUT2D eigenvalue weighted by Gasteiger charge is -2.14. The number of phenols is 2. The minimum absolute atomic E-state index is 0.103. The molecule has 2 aromatic carbocycles. The van der Waals surface area contributed by atoms with Gasteiger partial charge < -0.3 is 15.5 Å². The van der Waals surface area contributed by atoms with E-state index in [0.717, 1.165) is 17.5 Å². The van der Waals surface area contributed by atoms with Crippen molar-refractivity contribution in [1.29, 1.82) is 0 Å². The lowest BCUT2D eigenvalue weighted by Crippen LogP contribution is -2.26. The Hall–Kier alpha value is -2.59. The predicted octanol–water partition coefficient (Wildman–Crippen LogP) is 3.23. The summed E-state index contributed by atoms with van der Waals surface area (Å²) >= 11 is 0. The van der Waals surface area contributed by atoms with Crippen LogP contribution in [0.15, 0.2) is 60.7 Å². The van der Waals surface area contributed by atoms with Crippen molar-refractivity contribution in [3.63, 3.8) is 0 Å². The van der Waals surface area contributed by atoms with E-state index in [1.807, 2.05) is 43.5 Å². The molecular formula is C21H25NO3. The summed E-state index contributed by atoms with van der Waals surface area (Å²) in [6, 6.07) is 14.2. The van der Waals surface area contributed by atoms with Crippen molar-refractivity contribution in [3.8, 4) is 11.5 Å². The van der Waals surface area contributed by atoms with Crippen molar-refractivity contribution in [2.45, 2.75) is 25.8 Å². The van der Waals surface area contributed by atoms with Crippen molar-refractivity contribution in [2.75, 3.05) is 7.05 Å². The van der Waals surface area contributed by atoms with Crippen molar-refractivity contribution in [1.82, 2.24) is 5.32 Å². The van der Waals surface area contributed by atoms with Gasteiger partial charge in [0.25, 0.3) is 0 Å². The van der Waals surface area contributed by atoms with Crippen LogP contribution >= 0.6 is 0 Å². The maximum atomic E-state index is 12.0. The highest BCUT2D eigenvalue weighted by Crippen LogP contribution is 2.16. The predicted molar refractivity (Wildman–Crippen MR) is 99.8 cm³/mol. The van der Waals surface area contributed by atoms with Crippen molar-refractivity contribution >= 4 is 5.78 Å². The molecule has 0 bridgehead atoms. The van der Waals surface area contributed by atoms with Gasteiger partial charge >= 0.3 is 0 Å². The molecule has 4 nitrogen and oxygen atoms in total. The molecule has 0 spiro atoms. The van der Waals surface area contributed by atoms with Gasteiger partial charge in [-0.3, -0.25) is 4.79 Å². The van der Waals surface area contributed by atoms with Crippen LogP contribution in [0.2, 0.25) is 0 Å².